The molecule has 21 heavy (non-hydrogen) atoms. The van der Waals surface area contributed by atoms with E-state index in [1.54, 1.807) is 24.3 Å². The van der Waals surface area contributed by atoms with Crippen LogP contribution in [0, 0.1) is 12.3 Å². The van der Waals surface area contributed by atoms with Gasteiger partial charge in [-0.05, 0) is 31.2 Å². The van der Waals surface area contributed by atoms with Gasteiger partial charge in [0.05, 0.1) is 6.54 Å². The van der Waals surface area contributed by atoms with E-state index in [2.05, 4.69) is 15.9 Å². The van der Waals surface area contributed by atoms with Crippen molar-refractivity contribution < 1.29 is 0 Å². The summed E-state index contributed by atoms with van der Waals surface area (Å²) in [5.41, 5.74) is 0.316. The van der Waals surface area contributed by atoms with Crippen molar-refractivity contribution in [3.63, 3.8) is 0 Å². The molecule has 0 radical (unpaired) electrons. The maximum absolute atomic E-state index is 12.1. The lowest BCUT2D eigenvalue weighted by Gasteiger charge is -2.16. The number of terminal acetylenes is 1. The zero-order valence-corrected chi connectivity index (χ0v) is 12.2. The minimum atomic E-state index is -0.431. The van der Waals surface area contributed by atoms with E-state index in [1.165, 1.54) is 4.57 Å². The highest BCUT2D eigenvalue weighted by Crippen LogP contribution is 2.19. The van der Waals surface area contributed by atoms with Gasteiger partial charge < -0.3 is 0 Å². The van der Waals surface area contributed by atoms with Crippen molar-refractivity contribution in [3.8, 4) is 23.7 Å². The Morgan fingerprint density at radius 3 is 2.62 bits per heavy atom. The highest BCUT2D eigenvalue weighted by molar-refractivity contribution is 6.30. The largest absolute Gasteiger partial charge is 0.352 e. The predicted molar refractivity (Wildman–Crippen MR) is 82.8 cm³/mol. The average molecular weight is 304 g/mol. The highest BCUT2D eigenvalue weighted by Gasteiger charge is 2.13. The summed E-state index contributed by atoms with van der Waals surface area (Å²) >= 11 is 5.88. The minimum Gasteiger partial charge on any atom is -0.276 e. The number of aromatic nitrogens is 3. The van der Waals surface area contributed by atoms with Gasteiger partial charge in [0.1, 0.15) is 5.82 Å². The van der Waals surface area contributed by atoms with E-state index in [4.69, 9.17) is 23.9 Å². The second kappa shape index (κ2) is 6.39. The lowest BCUT2D eigenvalue weighted by atomic mass is 10.2. The molecule has 0 aliphatic carbocycles. The van der Waals surface area contributed by atoms with Gasteiger partial charge in [-0.25, -0.2) is 10.6 Å². The molecule has 7 heteroatoms. The molecule has 2 aromatic rings. The molecule has 2 rings (SSSR count). The monoisotopic (exact) mass is 303 g/mol. The number of halogens is 1. The zero-order chi connectivity index (χ0) is 15.4. The molecule has 1 aromatic heterocycles. The lowest BCUT2D eigenvalue weighted by molar-refractivity contribution is 0.677. The molecule has 0 spiro atoms. The number of hydrogen-bond acceptors (Lipinski definition) is 5. The first-order valence-electron chi connectivity index (χ1n) is 6.27. The fourth-order valence-electron chi connectivity index (χ4n) is 1.82. The maximum Gasteiger partial charge on any atom is 0.352 e. The van der Waals surface area contributed by atoms with Crippen LogP contribution in [-0.2, 0) is 6.54 Å². The van der Waals surface area contributed by atoms with Crippen LogP contribution in [0.1, 0.15) is 6.92 Å². The molecule has 0 saturated carbocycles. The fourth-order valence-corrected chi connectivity index (χ4v) is 1.94. The summed E-state index contributed by atoms with van der Waals surface area (Å²) in [7, 11) is 0. The van der Waals surface area contributed by atoms with Gasteiger partial charge in [-0.15, -0.1) is 6.42 Å². The summed E-state index contributed by atoms with van der Waals surface area (Å²) < 4.78 is 1.45. The zero-order valence-electron chi connectivity index (χ0n) is 11.5. The van der Waals surface area contributed by atoms with E-state index >= 15 is 0 Å². The number of rotatable bonds is 4. The summed E-state index contributed by atoms with van der Waals surface area (Å²) in [5.74, 6) is 8.67. The van der Waals surface area contributed by atoms with Crippen LogP contribution in [-0.4, -0.2) is 21.1 Å². The molecule has 6 nitrogen and oxygen atoms in total. The van der Waals surface area contributed by atoms with Crippen LogP contribution in [0.15, 0.2) is 29.1 Å². The predicted octanol–water partition coefficient (Wildman–Crippen LogP) is 1.29. The average Bonchev–Trinajstić information content (AvgIpc) is 2.47. The molecule has 0 amide bonds. The summed E-state index contributed by atoms with van der Waals surface area (Å²) in [4.78, 5) is 20.3. The SMILES string of the molecule is C#CCN(N)c1nc(-c2ccc(Cl)cc2)n(CC)c(=O)n1. The van der Waals surface area contributed by atoms with Gasteiger partial charge in [0, 0.05) is 17.1 Å². The Bertz CT molecular complexity index is 733. The van der Waals surface area contributed by atoms with Gasteiger partial charge in [-0.3, -0.25) is 9.58 Å². The molecule has 0 aliphatic heterocycles. The van der Waals surface area contributed by atoms with Crippen molar-refractivity contribution in [1.29, 1.82) is 0 Å². The third-order valence-corrected chi connectivity index (χ3v) is 3.08. The normalized spacial score (nSPS) is 10.2. The van der Waals surface area contributed by atoms with Crippen LogP contribution in [0.4, 0.5) is 5.95 Å². The van der Waals surface area contributed by atoms with E-state index in [1.807, 2.05) is 6.92 Å². The Hall–Kier alpha value is -2.36. The molecule has 0 aliphatic rings. The van der Waals surface area contributed by atoms with Gasteiger partial charge in [-0.2, -0.15) is 9.97 Å². The summed E-state index contributed by atoms with van der Waals surface area (Å²) in [6.07, 6.45) is 5.20. The van der Waals surface area contributed by atoms with Gasteiger partial charge in [0.2, 0.25) is 5.95 Å². The Balaban J connectivity index is 2.60. The molecule has 108 valence electrons. The van der Waals surface area contributed by atoms with Crippen LogP contribution in [0.5, 0.6) is 0 Å². The Labute approximate surface area is 127 Å². The number of hydrogen-bond donors (Lipinski definition) is 1. The van der Waals surface area contributed by atoms with Crippen LogP contribution < -0.4 is 16.5 Å². The molecule has 2 N–H and O–H groups in total. The molecule has 0 atom stereocenters. The summed E-state index contributed by atoms with van der Waals surface area (Å²) in [5, 5.41) is 1.76. The van der Waals surface area contributed by atoms with Gasteiger partial charge in [0.15, 0.2) is 0 Å². The standard InChI is InChI=1S/C14H14ClN5O/c1-3-9-20(16)13-17-12(19(4-2)14(21)18-13)10-5-7-11(15)8-6-10/h1,5-8H,4,9,16H2,2H3. The number of anilines is 1. The first-order valence-corrected chi connectivity index (χ1v) is 6.65. The molecule has 1 aromatic carbocycles. The van der Waals surface area contributed by atoms with Crippen molar-refractivity contribution in [3.05, 3.63) is 39.8 Å². The summed E-state index contributed by atoms with van der Waals surface area (Å²) in [6.45, 7) is 2.39. The second-order valence-corrected chi connectivity index (χ2v) is 4.65. The topological polar surface area (TPSA) is 77.0 Å². The number of hydrazine groups is 1. The van der Waals surface area contributed by atoms with Crippen LogP contribution in [0.2, 0.25) is 5.02 Å². The Morgan fingerprint density at radius 1 is 1.38 bits per heavy atom. The number of nitrogens with two attached hydrogens (primary N) is 1. The molecule has 1 heterocycles. The minimum absolute atomic E-state index is 0.0904. The van der Waals surface area contributed by atoms with E-state index < -0.39 is 5.69 Å². The first-order chi connectivity index (χ1) is 10.1. The van der Waals surface area contributed by atoms with Gasteiger partial charge >= 0.3 is 5.69 Å². The van der Waals surface area contributed by atoms with Crippen molar-refractivity contribution in [2.24, 2.45) is 5.84 Å². The molecule has 0 saturated heterocycles. The second-order valence-electron chi connectivity index (χ2n) is 4.21. The first kappa shape index (κ1) is 15.0. The third-order valence-electron chi connectivity index (χ3n) is 2.83. The van der Waals surface area contributed by atoms with Crippen molar-refractivity contribution in [1.82, 2.24) is 14.5 Å². The quantitative estimate of drug-likeness (QED) is 0.523. The van der Waals surface area contributed by atoms with E-state index in [9.17, 15) is 4.79 Å². The fraction of sp³-hybridized carbons (Fsp3) is 0.214. The Kier molecular flexibility index (Phi) is 4.58. The molecule has 0 bridgehead atoms. The smallest absolute Gasteiger partial charge is 0.276 e. The number of nitrogens with zero attached hydrogens (tertiary/aromatic N) is 4. The van der Waals surface area contributed by atoms with Crippen molar-refractivity contribution in [2.45, 2.75) is 13.5 Å². The van der Waals surface area contributed by atoms with Crippen molar-refractivity contribution >= 4 is 17.5 Å². The summed E-state index contributed by atoms with van der Waals surface area (Å²) in [6, 6.07) is 7.01. The third kappa shape index (κ3) is 3.21. The van der Waals surface area contributed by atoms with Crippen LogP contribution >= 0.6 is 11.6 Å². The van der Waals surface area contributed by atoms with Gasteiger partial charge in [0.25, 0.3) is 0 Å². The Morgan fingerprint density at radius 2 is 2.05 bits per heavy atom. The van der Waals surface area contributed by atoms with E-state index in [0.29, 0.717) is 17.4 Å². The van der Waals surface area contributed by atoms with Crippen LogP contribution in [0.25, 0.3) is 11.4 Å². The van der Waals surface area contributed by atoms with Gasteiger partial charge in [-0.1, -0.05) is 17.5 Å². The molecule has 0 unspecified atom stereocenters. The molecular weight excluding hydrogens is 290 g/mol. The highest BCUT2D eigenvalue weighted by atomic mass is 35.5. The van der Waals surface area contributed by atoms with Crippen LogP contribution in [0.3, 0.4) is 0 Å². The maximum atomic E-state index is 12.1. The lowest BCUT2D eigenvalue weighted by Crippen LogP contribution is -2.36. The van der Waals surface area contributed by atoms with E-state index in [-0.39, 0.29) is 12.5 Å². The molecular formula is C14H14ClN5O. The number of benzene rings is 1. The van der Waals surface area contributed by atoms with E-state index in [0.717, 1.165) is 10.6 Å². The van der Waals surface area contributed by atoms with Crippen molar-refractivity contribution in [2.75, 3.05) is 11.6 Å². The molecule has 0 fully saturated rings.